The van der Waals surface area contributed by atoms with E-state index in [-0.39, 0.29) is 30.4 Å². The molecule has 0 aromatic rings. The number of hydrogen-bond acceptors (Lipinski definition) is 2. The normalized spacial score (nSPS) is 13.2. The van der Waals surface area contributed by atoms with Crippen molar-refractivity contribution in [3.8, 4) is 0 Å². The van der Waals surface area contributed by atoms with E-state index in [9.17, 15) is 0 Å². The first-order chi connectivity index (χ1) is 6.47. The minimum absolute atomic E-state index is 0. The van der Waals surface area contributed by atoms with Crippen molar-refractivity contribution in [3.05, 3.63) is 0 Å². The second kappa shape index (κ2) is 8.35. The molecule has 0 heterocycles. The van der Waals surface area contributed by atoms with Gasteiger partial charge in [-0.1, -0.05) is 27.2 Å². The summed E-state index contributed by atoms with van der Waals surface area (Å²) in [5.41, 5.74) is 10.7. The number of nitrogens with one attached hydrogen (secondary N) is 2. The molecule has 6 heteroatoms. The Morgan fingerprint density at radius 2 is 1.93 bits per heavy atom. The second-order valence-electron chi connectivity index (χ2n) is 3.65. The van der Waals surface area contributed by atoms with Gasteiger partial charge in [-0.3, -0.25) is 10.7 Å². The molecule has 0 aliphatic rings. The van der Waals surface area contributed by atoms with Gasteiger partial charge in [-0.2, -0.15) is 0 Å². The van der Waals surface area contributed by atoms with E-state index in [0.717, 1.165) is 12.8 Å². The lowest BCUT2D eigenvalue weighted by atomic mass is 10.0. The molecule has 0 aromatic heterocycles. The van der Waals surface area contributed by atoms with E-state index in [4.69, 9.17) is 16.9 Å². The lowest BCUT2D eigenvalue weighted by Gasteiger charge is -2.16. The van der Waals surface area contributed by atoms with Crippen LogP contribution >= 0.6 is 12.4 Å². The van der Waals surface area contributed by atoms with E-state index in [0.29, 0.717) is 5.92 Å². The molecule has 15 heavy (non-hydrogen) atoms. The molecule has 1 unspecified atom stereocenters. The van der Waals surface area contributed by atoms with Gasteiger partial charge in [0.15, 0.2) is 11.9 Å². The third-order valence-corrected chi connectivity index (χ3v) is 1.92. The third-order valence-electron chi connectivity index (χ3n) is 1.92. The Bertz CT molecular complexity index is 215. The van der Waals surface area contributed by atoms with Crippen molar-refractivity contribution < 1.29 is 0 Å². The summed E-state index contributed by atoms with van der Waals surface area (Å²) in [6.45, 7) is 6.31. The Morgan fingerprint density at radius 1 is 1.40 bits per heavy atom. The van der Waals surface area contributed by atoms with E-state index in [1.54, 1.807) is 0 Å². The van der Waals surface area contributed by atoms with Crippen LogP contribution in [0.25, 0.3) is 0 Å². The van der Waals surface area contributed by atoms with Crippen LogP contribution in [0.2, 0.25) is 0 Å². The molecule has 0 aromatic carbocycles. The predicted octanol–water partition coefficient (Wildman–Crippen LogP) is 1.03. The molecule has 0 spiro atoms. The molecule has 0 saturated heterocycles. The summed E-state index contributed by atoms with van der Waals surface area (Å²) in [7, 11) is 0. The number of guanidine groups is 2. The Labute approximate surface area is 97.6 Å². The van der Waals surface area contributed by atoms with Crippen LogP contribution in [0.15, 0.2) is 4.99 Å². The molecule has 0 saturated carbocycles. The quantitative estimate of drug-likeness (QED) is 0.433. The highest BCUT2D eigenvalue weighted by Crippen LogP contribution is 2.12. The van der Waals surface area contributed by atoms with Gasteiger partial charge >= 0.3 is 0 Å². The summed E-state index contributed by atoms with van der Waals surface area (Å²) in [4.78, 5) is 4.27. The van der Waals surface area contributed by atoms with Gasteiger partial charge in [0.25, 0.3) is 0 Å². The number of nitrogens with zero attached hydrogens (tertiary/aromatic N) is 1. The van der Waals surface area contributed by atoms with Crippen LogP contribution < -0.4 is 16.8 Å². The summed E-state index contributed by atoms with van der Waals surface area (Å²) < 4.78 is 0. The number of nitrogens with two attached hydrogens (primary N) is 2. The maximum absolute atomic E-state index is 6.98. The second-order valence-corrected chi connectivity index (χ2v) is 3.65. The summed E-state index contributed by atoms with van der Waals surface area (Å²) in [6.07, 6.45) is 2.07. The number of hydrogen-bond donors (Lipinski definition) is 4. The fourth-order valence-corrected chi connectivity index (χ4v) is 1.19. The Morgan fingerprint density at radius 3 is 2.27 bits per heavy atom. The zero-order valence-electron chi connectivity index (χ0n) is 9.58. The molecule has 0 aliphatic heterocycles. The third kappa shape index (κ3) is 8.05. The first-order valence-electron chi connectivity index (χ1n) is 4.91. The van der Waals surface area contributed by atoms with Gasteiger partial charge in [0.1, 0.15) is 0 Å². The van der Waals surface area contributed by atoms with Gasteiger partial charge in [0.2, 0.25) is 0 Å². The van der Waals surface area contributed by atoms with E-state index in [2.05, 4.69) is 31.1 Å². The minimum atomic E-state index is -0.176. The summed E-state index contributed by atoms with van der Waals surface area (Å²) in [5, 5.41) is 9.46. The van der Waals surface area contributed by atoms with E-state index in [1.165, 1.54) is 0 Å². The van der Waals surface area contributed by atoms with Gasteiger partial charge in [-0.05, 0) is 12.3 Å². The Hall–Kier alpha value is -0.970. The molecule has 0 rings (SSSR count). The topological polar surface area (TPSA) is 100 Å². The highest BCUT2D eigenvalue weighted by molar-refractivity contribution is 5.95. The lowest BCUT2D eigenvalue weighted by Crippen LogP contribution is -2.41. The first-order valence-corrected chi connectivity index (χ1v) is 4.91. The molecule has 0 radical (unpaired) electrons. The van der Waals surface area contributed by atoms with Crippen molar-refractivity contribution in [1.29, 1.82) is 5.41 Å². The van der Waals surface area contributed by atoms with Crippen molar-refractivity contribution in [2.45, 2.75) is 39.7 Å². The maximum Gasteiger partial charge on any atom is 0.195 e. The van der Waals surface area contributed by atoms with Crippen LogP contribution in [0.5, 0.6) is 0 Å². The van der Waals surface area contributed by atoms with Crippen LogP contribution in [-0.4, -0.2) is 18.0 Å². The molecule has 0 aliphatic carbocycles. The molecular weight excluding hydrogens is 214 g/mol. The van der Waals surface area contributed by atoms with Gasteiger partial charge in [0.05, 0.1) is 6.04 Å². The first kappa shape index (κ1) is 16.5. The molecule has 0 amide bonds. The fourth-order valence-electron chi connectivity index (χ4n) is 1.19. The number of halogens is 1. The van der Waals surface area contributed by atoms with Crippen LogP contribution in [-0.2, 0) is 0 Å². The molecule has 1 atom stereocenters. The monoisotopic (exact) mass is 235 g/mol. The van der Waals surface area contributed by atoms with Crippen molar-refractivity contribution in [3.63, 3.8) is 0 Å². The highest BCUT2D eigenvalue weighted by atomic mass is 35.5. The van der Waals surface area contributed by atoms with Gasteiger partial charge in [-0.15, -0.1) is 12.4 Å². The standard InChI is InChI=1S/C9H21N5.ClH/c1-4-5-7(6(2)3)13-9(12)14-8(10)11;/h6-7H,4-5H2,1-3H3,(H6,10,11,12,13,14);1H. The van der Waals surface area contributed by atoms with Gasteiger partial charge < -0.3 is 11.5 Å². The summed E-state index contributed by atoms with van der Waals surface area (Å²) in [5.74, 6) is 0.497. The van der Waals surface area contributed by atoms with Crippen molar-refractivity contribution >= 4 is 24.3 Å². The maximum atomic E-state index is 6.98. The highest BCUT2D eigenvalue weighted by Gasteiger charge is 2.11. The molecule has 5 nitrogen and oxygen atoms in total. The fraction of sp³-hybridized carbons (Fsp3) is 0.778. The Kier molecular flexibility index (Phi) is 9.16. The zero-order chi connectivity index (χ0) is 11.1. The van der Waals surface area contributed by atoms with Crippen LogP contribution in [0.3, 0.4) is 0 Å². The average molecular weight is 236 g/mol. The predicted molar refractivity (Wildman–Crippen MR) is 67.5 cm³/mol. The van der Waals surface area contributed by atoms with E-state index >= 15 is 0 Å². The molecule has 6 N–H and O–H groups in total. The van der Waals surface area contributed by atoms with Crippen LogP contribution in [0.4, 0.5) is 0 Å². The van der Waals surface area contributed by atoms with Crippen LogP contribution in [0, 0.1) is 11.3 Å². The SMILES string of the molecule is CCCC(N=C(N)NC(=N)N)C(C)C.Cl. The minimum Gasteiger partial charge on any atom is -0.370 e. The smallest absolute Gasteiger partial charge is 0.195 e. The largest absolute Gasteiger partial charge is 0.370 e. The molecule has 0 fully saturated rings. The Balaban J connectivity index is 0. The van der Waals surface area contributed by atoms with Gasteiger partial charge in [-0.25, -0.2) is 4.99 Å². The van der Waals surface area contributed by atoms with Gasteiger partial charge in [0, 0.05) is 0 Å². The summed E-state index contributed by atoms with van der Waals surface area (Å²) >= 11 is 0. The molecule has 90 valence electrons. The number of aliphatic imine (C=N–C) groups is 1. The van der Waals surface area contributed by atoms with Crippen molar-refractivity contribution in [2.24, 2.45) is 22.4 Å². The zero-order valence-corrected chi connectivity index (χ0v) is 10.4. The lowest BCUT2D eigenvalue weighted by molar-refractivity contribution is 0.461. The number of rotatable bonds is 4. The molecular formula is C9H22ClN5. The van der Waals surface area contributed by atoms with Crippen molar-refractivity contribution in [2.75, 3.05) is 0 Å². The van der Waals surface area contributed by atoms with E-state index in [1.807, 2.05) is 0 Å². The van der Waals surface area contributed by atoms with Crippen LogP contribution in [0.1, 0.15) is 33.6 Å². The molecule has 0 bridgehead atoms. The van der Waals surface area contributed by atoms with E-state index < -0.39 is 0 Å². The summed E-state index contributed by atoms with van der Waals surface area (Å²) in [6, 6.07) is 0.201. The average Bonchev–Trinajstić information content (AvgIpc) is 2.01. The van der Waals surface area contributed by atoms with Crippen molar-refractivity contribution in [1.82, 2.24) is 5.32 Å².